The molecule has 0 radical (unpaired) electrons. The topological polar surface area (TPSA) is 17.1 Å². The maximum absolute atomic E-state index is 11.5. The molecular formula is C11H18O. The van der Waals surface area contributed by atoms with Crippen molar-refractivity contribution in [2.24, 2.45) is 5.92 Å². The fourth-order valence-corrected chi connectivity index (χ4v) is 1.46. The van der Waals surface area contributed by atoms with E-state index < -0.39 is 0 Å². The Bertz CT molecular complexity index is 187. The Kier molecular flexibility index (Phi) is 3.51. The summed E-state index contributed by atoms with van der Waals surface area (Å²) >= 11 is 0. The van der Waals surface area contributed by atoms with E-state index in [1.165, 1.54) is 12.8 Å². The molecule has 1 aliphatic carbocycles. The van der Waals surface area contributed by atoms with Crippen LogP contribution in [0.25, 0.3) is 0 Å². The minimum atomic E-state index is 0.368. The van der Waals surface area contributed by atoms with Crippen LogP contribution in [0.5, 0.6) is 0 Å². The molecule has 1 nitrogen and oxygen atoms in total. The van der Waals surface area contributed by atoms with Gasteiger partial charge < -0.3 is 0 Å². The first-order valence-corrected chi connectivity index (χ1v) is 4.96. The summed E-state index contributed by atoms with van der Waals surface area (Å²) in [5, 5.41) is 0. The van der Waals surface area contributed by atoms with Crippen LogP contribution in [-0.2, 0) is 4.79 Å². The van der Waals surface area contributed by atoms with Crippen molar-refractivity contribution in [3.8, 4) is 0 Å². The zero-order chi connectivity index (χ0) is 8.97. The smallest absolute Gasteiger partial charge is 0.158 e. The highest BCUT2D eigenvalue weighted by atomic mass is 16.1. The molecule has 0 aromatic carbocycles. The Morgan fingerprint density at radius 3 is 2.58 bits per heavy atom. The normalized spacial score (nSPS) is 18.0. The molecule has 0 atom stereocenters. The minimum absolute atomic E-state index is 0.368. The molecule has 0 amide bonds. The first-order valence-electron chi connectivity index (χ1n) is 4.96. The molecule has 68 valence electrons. The molecule has 1 saturated carbocycles. The van der Waals surface area contributed by atoms with Gasteiger partial charge in [-0.3, -0.25) is 4.79 Å². The van der Waals surface area contributed by atoms with Crippen molar-refractivity contribution in [2.45, 2.75) is 46.0 Å². The van der Waals surface area contributed by atoms with Gasteiger partial charge in [0.2, 0.25) is 0 Å². The molecule has 0 spiro atoms. The number of allylic oxidation sites excluding steroid dienone is 2. The van der Waals surface area contributed by atoms with Gasteiger partial charge >= 0.3 is 0 Å². The van der Waals surface area contributed by atoms with Gasteiger partial charge in [-0.05, 0) is 31.3 Å². The van der Waals surface area contributed by atoms with Crippen LogP contribution >= 0.6 is 0 Å². The summed E-state index contributed by atoms with van der Waals surface area (Å²) in [6.45, 7) is 4.00. The molecule has 0 bridgehead atoms. The molecule has 1 heteroatoms. The predicted molar refractivity (Wildman–Crippen MR) is 51.0 cm³/mol. The van der Waals surface area contributed by atoms with Gasteiger partial charge in [0.05, 0.1) is 0 Å². The number of rotatable bonds is 5. The minimum Gasteiger partial charge on any atom is -0.295 e. The SMILES string of the molecule is CC=C(CC)C(=O)CCC1CC1. The van der Waals surface area contributed by atoms with E-state index in [1.807, 2.05) is 19.9 Å². The standard InChI is InChI=1S/C11H18O/c1-3-10(4-2)11(12)8-7-9-5-6-9/h3,9H,4-8H2,1-2H3. The average Bonchev–Trinajstić information content (AvgIpc) is 2.86. The molecule has 0 N–H and O–H groups in total. The summed E-state index contributed by atoms with van der Waals surface area (Å²) in [5.41, 5.74) is 1.01. The lowest BCUT2D eigenvalue weighted by Gasteiger charge is -2.01. The highest BCUT2D eigenvalue weighted by Crippen LogP contribution is 2.33. The number of hydrogen-bond donors (Lipinski definition) is 0. The Balaban J connectivity index is 2.24. The van der Waals surface area contributed by atoms with Crippen LogP contribution in [-0.4, -0.2) is 5.78 Å². The number of hydrogen-bond acceptors (Lipinski definition) is 1. The first-order chi connectivity index (χ1) is 5.77. The molecule has 0 aromatic heterocycles. The van der Waals surface area contributed by atoms with Crippen molar-refractivity contribution in [3.05, 3.63) is 11.6 Å². The zero-order valence-electron chi connectivity index (χ0n) is 8.10. The zero-order valence-corrected chi connectivity index (χ0v) is 8.10. The molecule has 12 heavy (non-hydrogen) atoms. The maximum Gasteiger partial charge on any atom is 0.158 e. The van der Waals surface area contributed by atoms with Gasteiger partial charge in [0.1, 0.15) is 0 Å². The maximum atomic E-state index is 11.5. The van der Waals surface area contributed by atoms with Crippen LogP contribution in [0.2, 0.25) is 0 Å². The van der Waals surface area contributed by atoms with Crippen LogP contribution in [0.3, 0.4) is 0 Å². The van der Waals surface area contributed by atoms with Crippen LogP contribution in [0.1, 0.15) is 46.0 Å². The Morgan fingerprint density at radius 2 is 2.17 bits per heavy atom. The summed E-state index contributed by atoms with van der Waals surface area (Å²) < 4.78 is 0. The summed E-state index contributed by atoms with van der Waals surface area (Å²) in [6.07, 6.45) is 7.44. The number of Topliss-reactive ketones (excluding diaryl/α,β-unsaturated/α-hetero) is 1. The molecular weight excluding hydrogens is 148 g/mol. The number of carbonyl (C=O) groups is 1. The fourth-order valence-electron chi connectivity index (χ4n) is 1.46. The van der Waals surface area contributed by atoms with E-state index in [4.69, 9.17) is 0 Å². The Morgan fingerprint density at radius 1 is 1.50 bits per heavy atom. The Hall–Kier alpha value is -0.590. The van der Waals surface area contributed by atoms with E-state index in [-0.39, 0.29) is 0 Å². The average molecular weight is 166 g/mol. The predicted octanol–water partition coefficient (Wildman–Crippen LogP) is 3.10. The van der Waals surface area contributed by atoms with Crippen molar-refractivity contribution < 1.29 is 4.79 Å². The molecule has 0 unspecified atom stereocenters. The summed E-state index contributed by atoms with van der Waals surface area (Å²) in [5.74, 6) is 1.25. The number of carbonyl (C=O) groups excluding carboxylic acids is 1. The highest BCUT2D eigenvalue weighted by molar-refractivity contribution is 5.95. The van der Waals surface area contributed by atoms with Gasteiger partial charge in [0.25, 0.3) is 0 Å². The molecule has 0 saturated heterocycles. The van der Waals surface area contributed by atoms with Crippen molar-refractivity contribution in [1.82, 2.24) is 0 Å². The second-order valence-corrected chi connectivity index (χ2v) is 3.57. The van der Waals surface area contributed by atoms with E-state index >= 15 is 0 Å². The van der Waals surface area contributed by atoms with Crippen LogP contribution < -0.4 is 0 Å². The van der Waals surface area contributed by atoms with Crippen LogP contribution in [0, 0.1) is 5.92 Å². The summed E-state index contributed by atoms with van der Waals surface area (Å²) in [6, 6.07) is 0. The van der Waals surface area contributed by atoms with E-state index in [0.29, 0.717) is 5.78 Å². The van der Waals surface area contributed by atoms with Gasteiger partial charge in [-0.25, -0.2) is 0 Å². The lowest BCUT2D eigenvalue weighted by atomic mass is 10.0. The molecule has 1 fully saturated rings. The van der Waals surface area contributed by atoms with Gasteiger partial charge in [0.15, 0.2) is 5.78 Å². The third-order valence-electron chi connectivity index (χ3n) is 2.56. The molecule has 0 aromatic rings. The number of ketones is 1. The Labute approximate surface area is 74.9 Å². The second kappa shape index (κ2) is 4.44. The summed E-state index contributed by atoms with van der Waals surface area (Å²) in [4.78, 5) is 11.5. The van der Waals surface area contributed by atoms with Crippen LogP contribution in [0.15, 0.2) is 11.6 Å². The van der Waals surface area contributed by atoms with Crippen molar-refractivity contribution in [3.63, 3.8) is 0 Å². The largest absolute Gasteiger partial charge is 0.295 e. The van der Waals surface area contributed by atoms with E-state index in [0.717, 1.165) is 30.8 Å². The van der Waals surface area contributed by atoms with Crippen molar-refractivity contribution >= 4 is 5.78 Å². The summed E-state index contributed by atoms with van der Waals surface area (Å²) in [7, 11) is 0. The second-order valence-electron chi connectivity index (χ2n) is 3.57. The van der Waals surface area contributed by atoms with E-state index in [2.05, 4.69) is 0 Å². The quantitative estimate of drug-likeness (QED) is 0.573. The molecule has 0 aliphatic heterocycles. The third-order valence-corrected chi connectivity index (χ3v) is 2.56. The van der Waals surface area contributed by atoms with E-state index in [1.54, 1.807) is 0 Å². The monoisotopic (exact) mass is 166 g/mol. The first kappa shape index (κ1) is 9.50. The molecule has 1 aliphatic rings. The van der Waals surface area contributed by atoms with Crippen LogP contribution in [0.4, 0.5) is 0 Å². The molecule has 1 rings (SSSR count). The van der Waals surface area contributed by atoms with Gasteiger partial charge in [0, 0.05) is 6.42 Å². The van der Waals surface area contributed by atoms with Crippen molar-refractivity contribution in [2.75, 3.05) is 0 Å². The van der Waals surface area contributed by atoms with Gasteiger partial charge in [-0.15, -0.1) is 0 Å². The van der Waals surface area contributed by atoms with Crippen molar-refractivity contribution in [1.29, 1.82) is 0 Å². The third kappa shape index (κ3) is 2.80. The van der Waals surface area contributed by atoms with Gasteiger partial charge in [-0.2, -0.15) is 0 Å². The molecule has 0 heterocycles. The lowest BCUT2D eigenvalue weighted by Crippen LogP contribution is -2.01. The fraction of sp³-hybridized carbons (Fsp3) is 0.727. The van der Waals surface area contributed by atoms with E-state index in [9.17, 15) is 4.79 Å². The highest BCUT2D eigenvalue weighted by Gasteiger charge is 2.22. The van der Waals surface area contributed by atoms with Gasteiger partial charge in [-0.1, -0.05) is 25.8 Å². The lowest BCUT2D eigenvalue weighted by molar-refractivity contribution is -0.115.